The lowest BCUT2D eigenvalue weighted by Gasteiger charge is -2.74. The number of ether oxygens (including phenoxy) is 2. The van der Waals surface area contributed by atoms with Gasteiger partial charge in [0, 0.05) is 31.1 Å². The minimum absolute atomic E-state index is 0.144. The maximum absolute atomic E-state index is 12.5. The van der Waals surface area contributed by atoms with E-state index in [1.165, 1.54) is 46.0 Å². The largest absolute Gasteiger partial charge is 0.462 e. The summed E-state index contributed by atoms with van der Waals surface area (Å²) >= 11 is 0. The molecule has 0 heterocycles. The Morgan fingerprint density at radius 1 is 0.718 bits per heavy atom. The van der Waals surface area contributed by atoms with Crippen molar-refractivity contribution in [2.75, 3.05) is 0 Å². The van der Waals surface area contributed by atoms with Crippen LogP contribution in [-0.4, -0.2) is 34.9 Å². The molecule has 0 aromatic carbocycles. The van der Waals surface area contributed by atoms with Gasteiger partial charge in [-0.2, -0.15) is 0 Å². The molecule has 11 atom stereocenters. The van der Waals surface area contributed by atoms with Gasteiger partial charge in [0.15, 0.2) is 0 Å². The fourth-order valence-corrected chi connectivity index (χ4v) is 12.7. The van der Waals surface area contributed by atoms with E-state index in [0.717, 1.165) is 19.3 Å². The highest BCUT2D eigenvalue weighted by Crippen LogP contribution is 2.78. The highest BCUT2D eigenvalue weighted by molar-refractivity contribution is 5.67. The SMILES string of the molecule is CC(=O)O[C@H]1C[C@@H](OC(C)=O)[C@@]2(C)C(CC[C@]3(C)[C@@H]2CC[C@@H]2[C@@]4(C)CC[C@H](C(C)(C)O)[C@@H]4CC[C@]23C)C1(C)C. The topological polar surface area (TPSA) is 72.8 Å². The van der Waals surface area contributed by atoms with Crippen LogP contribution in [0.1, 0.15) is 127 Å². The molecule has 0 radical (unpaired) electrons. The first-order valence-corrected chi connectivity index (χ1v) is 15.9. The Morgan fingerprint density at radius 3 is 1.85 bits per heavy atom. The second-order valence-electron chi connectivity index (χ2n) is 16.7. The smallest absolute Gasteiger partial charge is 0.302 e. The van der Waals surface area contributed by atoms with Crippen molar-refractivity contribution in [2.45, 2.75) is 145 Å². The molecule has 5 fully saturated rings. The van der Waals surface area contributed by atoms with Gasteiger partial charge in [0.25, 0.3) is 0 Å². The summed E-state index contributed by atoms with van der Waals surface area (Å²) in [6, 6.07) is 0. The summed E-state index contributed by atoms with van der Waals surface area (Å²) in [5.41, 5.74) is -0.357. The lowest BCUT2D eigenvalue weighted by molar-refractivity contribution is -0.282. The van der Waals surface area contributed by atoms with E-state index in [9.17, 15) is 14.7 Å². The molecule has 5 aliphatic rings. The molecule has 5 nitrogen and oxygen atoms in total. The Kier molecular flexibility index (Phi) is 6.74. The molecule has 1 N–H and O–H groups in total. The van der Waals surface area contributed by atoms with Crippen molar-refractivity contribution >= 4 is 11.9 Å². The Bertz CT molecular complexity index is 1010. The van der Waals surface area contributed by atoms with Gasteiger partial charge in [-0.15, -0.1) is 0 Å². The predicted octanol–water partition coefficient (Wildman–Crippen LogP) is 7.33. The molecule has 39 heavy (non-hydrogen) atoms. The van der Waals surface area contributed by atoms with Crippen molar-refractivity contribution in [2.24, 2.45) is 56.7 Å². The second kappa shape index (κ2) is 8.95. The summed E-state index contributed by atoms with van der Waals surface area (Å²) in [7, 11) is 0. The molecule has 0 aromatic heterocycles. The summed E-state index contributed by atoms with van der Waals surface area (Å²) in [4.78, 5) is 24.6. The third kappa shape index (κ3) is 3.93. The summed E-state index contributed by atoms with van der Waals surface area (Å²) in [5.74, 6) is 1.89. The Morgan fingerprint density at radius 2 is 1.26 bits per heavy atom. The highest BCUT2D eigenvalue weighted by Gasteiger charge is 2.73. The van der Waals surface area contributed by atoms with Crippen molar-refractivity contribution in [3.63, 3.8) is 0 Å². The van der Waals surface area contributed by atoms with Gasteiger partial charge in [0.2, 0.25) is 0 Å². The van der Waals surface area contributed by atoms with E-state index in [0.29, 0.717) is 36.0 Å². The number of fused-ring (bicyclic) bond motifs is 7. The summed E-state index contributed by atoms with van der Waals surface area (Å²) in [6.07, 6.45) is 9.47. The summed E-state index contributed by atoms with van der Waals surface area (Å²) < 4.78 is 12.1. The van der Waals surface area contributed by atoms with Crippen LogP contribution in [0.3, 0.4) is 0 Å². The van der Waals surface area contributed by atoms with Gasteiger partial charge in [-0.05, 0) is 111 Å². The molecule has 0 spiro atoms. The van der Waals surface area contributed by atoms with E-state index in [1.807, 2.05) is 13.8 Å². The third-order valence-corrected chi connectivity index (χ3v) is 14.5. The van der Waals surface area contributed by atoms with E-state index in [-0.39, 0.29) is 51.2 Å². The van der Waals surface area contributed by atoms with Crippen LogP contribution in [0.2, 0.25) is 0 Å². The fourth-order valence-electron chi connectivity index (χ4n) is 12.7. The van der Waals surface area contributed by atoms with Crippen LogP contribution in [0.5, 0.6) is 0 Å². The zero-order valence-electron chi connectivity index (χ0n) is 26.5. The quantitative estimate of drug-likeness (QED) is 0.377. The van der Waals surface area contributed by atoms with Crippen LogP contribution in [0.25, 0.3) is 0 Å². The summed E-state index contributed by atoms with van der Waals surface area (Å²) in [5, 5.41) is 11.1. The molecule has 222 valence electrons. The molecule has 5 heteroatoms. The number of hydrogen-bond donors (Lipinski definition) is 1. The monoisotopic (exact) mass is 544 g/mol. The maximum atomic E-state index is 12.5. The van der Waals surface area contributed by atoms with E-state index in [4.69, 9.17) is 9.47 Å². The third-order valence-electron chi connectivity index (χ3n) is 14.5. The van der Waals surface area contributed by atoms with Crippen molar-refractivity contribution in [3.05, 3.63) is 0 Å². The van der Waals surface area contributed by atoms with Crippen molar-refractivity contribution in [1.29, 1.82) is 0 Å². The number of esters is 2. The van der Waals surface area contributed by atoms with Crippen LogP contribution in [-0.2, 0) is 19.1 Å². The molecule has 0 aliphatic heterocycles. The molecule has 5 rings (SSSR count). The van der Waals surface area contributed by atoms with Gasteiger partial charge in [-0.1, -0.05) is 41.5 Å². The Balaban J connectivity index is 1.55. The van der Waals surface area contributed by atoms with Crippen LogP contribution in [0, 0.1) is 56.7 Å². The number of rotatable bonds is 3. The Hall–Kier alpha value is -1.10. The average Bonchev–Trinajstić information content (AvgIpc) is 3.15. The lowest BCUT2D eigenvalue weighted by Crippen LogP contribution is -2.70. The molecular formula is C34H56O5. The maximum Gasteiger partial charge on any atom is 0.302 e. The van der Waals surface area contributed by atoms with E-state index >= 15 is 0 Å². The number of aliphatic hydroxyl groups is 1. The summed E-state index contributed by atoms with van der Waals surface area (Å²) in [6.45, 7) is 21.8. The zero-order valence-corrected chi connectivity index (χ0v) is 26.5. The Labute approximate surface area is 237 Å². The molecule has 5 saturated carbocycles. The minimum Gasteiger partial charge on any atom is -0.462 e. The van der Waals surface area contributed by atoms with Gasteiger partial charge in [-0.25, -0.2) is 0 Å². The number of hydrogen-bond acceptors (Lipinski definition) is 5. The fraction of sp³-hybridized carbons (Fsp3) is 0.941. The minimum atomic E-state index is -0.619. The molecule has 0 saturated heterocycles. The normalized spacial score (nSPS) is 50.6. The zero-order chi connectivity index (χ0) is 29.0. The molecule has 5 aliphatic carbocycles. The van der Waals surface area contributed by atoms with Gasteiger partial charge in [0.1, 0.15) is 12.2 Å². The average molecular weight is 545 g/mol. The van der Waals surface area contributed by atoms with Crippen LogP contribution in [0.15, 0.2) is 0 Å². The number of carbonyl (C=O) groups is 2. The van der Waals surface area contributed by atoms with Gasteiger partial charge >= 0.3 is 11.9 Å². The molecule has 0 bridgehead atoms. The highest BCUT2D eigenvalue weighted by atomic mass is 16.6. The van der Waals surface area contributed by atoms with E-state index in [2.05, 4.69) is 41.5 Å². The van der Waals surface area contributed by atoms with Crippen LogP contribution >= 0.6 is 0 Å². The standard InChI is InChI=1S/C34H56O5/c1-20(35)38-27-19-28(39-21(2)36)34(10)24(29(27,3)4)15-18-33(9)26(34)12-11-25-31(7)16-13-22(30(5,6)37)23(31)14-17-32(25,33)8/h22-28,37H,11-19H2,1-10H3/t22-,23-,24?,25+,26-,27-,28+,31-,32+,33+,34-/m0/s1. The van der Waals surface area contributed by atoms with Crippen LogP contribution in [0.4, 0.5) is 0 Å². The first-order valence-electron chi connectivity index (χ1n) is 15.9. The van der Waals surface area contributed by atoms with Crippen LogP contribution < -0.4 is 0 Å². The first kappa shape index (κ1) is 29.4. The molecule has 0 aromatic rings. The van der Waals surface area contributed by atoms with Crippen molar-refractivity contribution in [3.8, 4) is 0 Å². The molecular weight excluding hydrogens is 488 g/mol. The number of carbonyl (C=O) groups excluding carboxylic acids is 2. The van der Waals surface area contributed by atoms with E-state index in [1.54, 1.807) is 0 Å². The second-order valence-corrected chi connectivity index (χ2v) is 16.7. The first-order chi connectivity index (χ1) is 17.8. The van der Waals surface area contributed by atoms with E-state index < -0.39 is 5.60 Å². The molecule has 0 amide bonds. The lowest BCUT2D eigenvalue weighted by atomic mass is 9.31. The van der Waals surface area contributed by atoms with Gasteiger partial charge in [-0.3, -0.25) is 9.59 Å². The van der Waals surface area contributed by atoms with Crippen molar-refractivity contribution in [1.82, 2.24) is 0 Å². The predicted molar refractivity (Wildman–Crippen MR) is 153 cm³/mol. The molecule has 1 unspecified atom stereocenters. The van der Waals surface area contributed by atoms with Crippen molar-refractivity contribution < 1.29 is 24.2 Å². The van der Waals surface area contributed by atoms with Gasteiger partial charge < -0.3 is 14.6 Å². The van der Waals surface area contributed by atoms with Gasteiger partial charge in [0.05, 0.1) is 5.60 Å².